The molecule has 0 spiro atoms. The molecule has 36 heavy (non-hydrogen) atoms. The highest BCUT2D eigenvalue weighted by Crippen LogP contribution is 2.44. The molecular weight excluding hydrogens is 516 g/mol. The fourth-order valence-corrected chi connectivity index (χ4v) is 5.95. The molecule has 2 aliphatic carbocycles. The van der Waals surface area contributed by atoms with Crippen molar-refractivity contribution in [1.29, 1.82) is 0 Å². The van der Waals surface area contributed by atoms with E-state index in [4.69, 9.17) is 4.74 Å². The summed E-state index contributed by atoms with van der Waals surface area (Å²) in [5.41, 5.74) is 5.97. The number of carboxylic acid groups (broad SMARTS) is 1. The number of fused-ring (bicyclic) bond motifs is 2. The number of carboxylic acids is 1. The topological polar surface area (TPSA) is 61.8 Å². The number of halogens is 1. The zero-order valence-corrected chi connectivity index (χ0v) is 22.5. The largest absolute Gasteiger partial charge is 0.481 e. The normalized spacial score (nSPS) is 19.2. The number of allylic oxidation sites excluding steroid dienone is 1. The van der Waals surface area contributed by atoms with Crippen LogP contribution in [0.1, 0.15) is 67.4 Å². The van der Waals surface area contributed by atoms with Gasteiger partial charge in [-0.05, 0) is 74.7 Å². The molecule has 188 valence electrons. The van der Waals surface area contributed by atoms with E-state index in [0.717, 1.165) is 51.4 Å². The van der Waals surface area contributed by atoms with E-state index in [9.17, 15) is 9.90 Å². The van der Waals surface area contributed by atoms with Crippen molar-refractivity contribution in [3.05, 3.63) is 87.1 Å². The smallest absolute Gasteiger partial charge is 0.336 e. The minimum absolute atomic E-state index is 0.274. The van der Waals surface area contributed by atoms with Crippen molar-refractivity contribution < 1.29 is 14.6 Å². The van der Waals surface area contributed by atoms with Crippen LogP contribution in [0.25, 0.3) is 5.57 Å². The molecule has 1 heterocycles. The third-order valence-electron chi connectivity index (χ3n) is 7.43. The van der Waals surface area contributed by atoms with Crippen LogP contribution in [0.3, 0.4) is 0 Å². The van der Waals surface area contributed by atoms with E-state index in [0.29, 0.717) is 11.6 Å². The Morgan fingerprint density at radius 2 is 1.83 bits per heavy atom. The summed E-state index contributed by atoms with van der Waals surface area (Å²) in [7, 11) is 0. The lowest BCUT2D eigenvalue weighted by molar-refractivity contribution is 0.0696. The molecule has 5 nitrogen and oxygen atoms in total. The Labute approximate surface area is 221 Å². The summed E-state index contributed by atoms with van der Waals surface area (Å²) >= 11 is 3.45. The standard InChI is InChI=1S/C30H33BrN2O3/c1-3-33(4-2)22-12-14-24-28(18-22)36-27-15-11-21(32-20-8-6-5-7-9-20)17-26(27)29(24)23-13-10-19(31)16-25(23)30(34)35/h10-18,20,27,32H,3-9H2,1-2H3,(H,34,35). The first kappa shape index (κ1) is 24.7. The molecular formula is C30H33BrN2O3. The van der Waals surface area contributed by atoms with Gasteiger partial charge in [0.1, 0.15) is 11.9 Å². The van der Waals surface area contributed by atoms with Crippen LogP contribution in [0.4, 0.5) is 5.69 Å². The van der Waals surface area contributed by atoms with Gasteiger partial charge in [0, 0.05) is 57.8 Å². The minimum Gasteiger partial charge on any atom is -0.481 e. The van der Waals surface area contributed by atoms with Crippen LogP contribution in [-0.4, -0.2) is 36.3 Å². The molecule has 3 aliphatic rings. The third-order valence-corrected chi connectivity index (χ3v) is 7.92. The number of aromatic carboxylic acids is 1. The summed E-state index contributed by atoms with van der Waals surface area (Å²) in [6.45, 7) is 6.09. The van der Waals surface area contributed by atoms with Crippen LogP contribution in [0.5, 0.6) is 5.75 Å². The Morgan fingerprint density at radius 3 is 2.56 bits per heavy atom. The molecule has 2 aromatic carbocycles. The second-order valence-corrected chi connectivity index (χ2v) is 10.6. The highest BCUT2D eigenvalue weighted by molar-refractivity contribution is 9.10. The maximum Gasteiger partial charge on any atom is 0.336 e. The van der Waals surface area contributed by atoms with Crippen molar-refractivity contribution >= 4 is 33.2 Å². The number of nitrogens with zero attached hydrogens (tertiary/aromatic N) is 1. The molecule has 2 N–H and O–H groups in total. The van der Waals surface area contributed by atoms with Crippen LogP contribution >= 0.6 is 15.9 Å². The number of hydrogen-bond donors (Lipinski definition) is 2. The number of rotatable bonds is 7. The number of benzene rings is 2. The van der Waals surface area contributed by atoms with E-state index >= 15 is 0 Å². The molecule has 1 fully saturated rings. The highest BCUT2D eigenvalue weighted by atomic mass is 79.9. The Bertz CT molecular complexity index is 1250. The average molecular weight is 550 g/mol. The summed E-state index contributed by atoms with van der Waals surface area (Å²) in [5.74, 6) is -0.163. The first-order valence-corrected chi connectivity index (χ1v) is 13.8. The summed E-state index contributed by atoms with van der Waals surface area (Å²) < 4.78 is 7.27. The van der Waals surface area contributed by atoms with Crippen LogP contribution in [0.2, 0.25) is 0 Å². The lowest BCUT2D eigenvalue weighted by atomic mass is 9.83. The van der Waals surface area contributed by atoms with Gasteiger partial charge in [-0.2, -0.15) is 0 Å². The van der Waals surface area contributed by atoms with Crippen molar-refractivity contribution in [3.8, 4) is 5.75 Å². The van der Waals surface area contributed by atoms with Crippen LogP contribution < -0.4 is 15.0 Å². The van der Waals surface area contributed by atoms with E-state index < -0.39 is 5.97 Å². The van der Waals surface area contributed by atoms with Crippen molar-refractivity contribution in [1.82, 2.24) is 5.32 Å². The second kappa shape index (κ2) is 10.6. The fourth-order valence-electron chi connectivity index (χ4n) is 5.59. The minimum atomic E-state index is -0.945. The zero-order chi connectivity index (χ0) is 25.2. The van der Waals surface area contributed by atoms with Crippen LogP contribution in [0.15, 0.2) is 70.4 Å². The molecule has 0 saturated heterocycles. The first-order valence-electron chi connectivity index (χ1n) is 13.0. The molecule has 0 bridgehead atoms. The van der Waals surface area contributed by atoms with Crippen LogP contribution in [-0.2, 0) is 0 Å². The molecule has 6 heteroatoms. The fraction of sp³-hybridized carbons (Fsp3) is 0.367. The first-order chi connectivity index (χ1) is 17.5. The number of ether oxygens (including phenoxy) is 1. The second-order valence-electron chi connectivity index (χ2n) is 9.65. The zero-order valence-electron chi connectivity index (χ0n) is 20.9. The molecule has 0 radical (unpaired) electrons. The Hall–Kier alpha value is -2.99. The number of nitrogens with one attached hydrogen (secondary N) is 1. The van der Waals surface area contributed by atoms with E-state index in [-0.39, 0.29) is 11.7 Å². The molecule has 1 aliphatic heterocycles. The third kappa shape index (κ3) is 4.83. The van der Waals surface area contributed by atoms with Gasteiger partial charge in [-0.3, -0.25) is 0 Å². The quantitative estimate of drug-likeness (QED) is 0.392. The number of hydrogen-bond acceptors (Lipinski definition) is 4. The van der Waals surface area contributed by atoms with Crippen molar-refractivity contribution in [2.24, 2.45) is 0 Å². The molecule has 0 aromatic heterocycles. The lowest BCUT2D eigenvalue weighted by Gasteiger charge is -2.33. The molecule has 1 atom stereocenters. The predicted molar refractivity (Wildman–Crippen MR) is 149 cm³/mol. The molecule has 1 saturated carbocycles. The summed E-state index contributed by atoms with van der Waals surface area (Å²) in [6.07, 6.45) is 12.3. The number of anilines is 1. The summed E-state index contributed by atoms with van der Waals surface area (Å²) in [4.78, 5) is 14.6. The maximum atomic E-state index is 12.3. The lowest BCUT2D eigenvalue weighted by Crippen LogP contribution is -2.32. The monoisotopic (exact) mass is 548 g/mol. The van der Waals surface area contributed by atoms with Crippen molar-refractivity contribution in [2.45, 2.75) is 58.1 Å². The Morgan fingerprint density at radius 1 is 1.08 bits per heavy atom. The molecule has 2 aromatic rings. The van der Waals surface area contributed by atoms with Crippen molar-refractivity contribution in [3.63, 3.8) is 0 Å². The highest BCUT2D eigenvalue weighted by Gasteiger charge is 2.31. The van der Waals surface area contributed by atoms with Gasteiger partial charge in [0.2, 0.25) is 0 Å². The van der Waals surface area contributed by atoms with Gasteiger partial charge in [-0.25, -0.2) is 4.79 Å². The average Bonchev–Trinajstić information content (AvgIpc) is 2.89. The van der Waals surface area contributed by atoms with Gasteiger partial charge < -0.3 is 20.1 Å². The molecule has 1 unspecified atom stereocenters. The Balaban J connectivity index is 1.66. The van der Waals surface area contributed by atoms with Crippen LogP contribution in [0, 0.1) is 0 Å². The van der Waals surface area contributed by atoms with E-state index in [1.165, 1.54) is 32.1 Å². The SMILES string of the molecule is CCN(CC)c1ccc2c(c1)OC1C=CC(NC3CCCCC3)=CC1=C2c1ccc(Br)cc1C(=O)O. The maximum absolute atomic E-state index is 12.3. The Kier molecular flexibility index (Phi) is 7.24. The van der Waals surface area contributed by atoms with E-state index in [1.807, 2.05) is 12.1 Å². The van der Waals surface area contributed by atoms with Gasteiger partial charge >= 0.3 is 5.97 Å². The van der Waals surface area contributed by atoms with E-state index in [2.05, 4.69) is 76.4 Å². The molecule has 5 rings (SSSR count). The van der Waals surface area contributed by atoms with Gasteiger partial charge in [0.25, 0.3) is 0 Å². The van der Waals surface area contributed by atoms with Gasteiger partial charge in [-0.1, -0.05) is 41.3 Å². The summed E-state index contributed by atoms with van der Waals surface area (Å²) in [6, 6.07) is 12.3. The number of carbonyl (C=O) groups is 1. The van der Waals surface area contributed by atoms with Gasteiger partial charge in [0.15, 0.2) is 0 Å². The van der Waals surface area contributed by atoms with Crippen molar-refractivity contribution in [2.75, 3.05) is 18.0 Å². The van der Waals surface area contributed by atoms with Gasteiger partial charge in [-0.15, -0.1) is 0 Å². The summed E-state index contributed by atoms with van der Waals surface area (Å²) in [5, 5.41) is 13.8. The van der Waals surface area contributed by atoms with E-state index in [1.54, 1.807) is 6.07 Å². The molecule has 0 amide bonds. The predicted octanol–water partition coefficient (Wildman–Crippen LogP) is 6.93. The van der Waals surface area contributed by atoms with Gasteiger partial charge in [0.05, 0.1) is 5.56 Å².